The SMILES string of the molecule is O=[N+]([O-])c1ccc(Nc2nc3cc4ccccc4cc3o2)cc1. The van der Waals surface area contributed by atoms with Crippen LogP contribution in [0.15, 0.2) is 65.1 Å². The molecular formula is C17H11N3O3. The second-order valence-corrected chi connectivity index (χ2v) is 5.12. The molecule has 0 fully saturated rings. The number of nitrogens with zero attached hydrogens (tertiary/aromatic N) is 2. The predicted octanol–water partition coefficient (Wildman–Crippen LogP) is 4.63. The van der Waals surface area contributed by atoms with Gasteiger partial charge in [-0.2, -0.15) is 4.98 Å². The van der Waals surface area contributed by atoms with E-state index in [1.54, 1.807) is 12.1 Å². The van der Waals surface area contributed by atoms with Crippen molar-refractivity contribution in [2.45, 2.75) is 0 Å². The normalized spacial score (nSPS) is 11.0. The number of hydrogen-bond acceptors (Lipinski definition) is 5. The van der Waals surface area contributed by atoms with Crippen LogP contribution in [0.4, 0.5) is 17.4 Å². The van der Waals surface area contributed by atoms with Crippen LogP contribution in [0.3, 0.4) is 0 Å². The zero-order chi connectivity index (χ0) is 15.8. The molecule has 1 N–H and O–H groups in total. The lowest BCUT2D eigenvalue weighted by Gasteiger charge is -2.00. The van der Waals surface area contributed by atoms with E-state index in [-0.39, 0.29) is 5.69 Å². The minimum Gasteiger partial charge on any atom is -0.423 e. The largest absolute Gasteiger partial charge is 0.423 e. The first-order chi connectivity index (χ1) is 11.2. The summed E-state index contributed by atoms with van der Waals surface area (Å²) >= 11 is 0. The van der Waals surface area contributed by atoms with Gasteiger partial charge in [0.2, 0.25) is 0 Å². The number of nitrogens with one attached hydrogen (secondary N) is 1. The second-order valence-electron chi connectivity index (χ2n) is 5.12. The van der Waals surface area contributed by atoms with Gasteiger partial charge in [0.15, 0.2) is 5.58 Å². The summed E-state index contributed by atoms with van der Waals surface area (Å²) in [6.07, 6.45) is 0. The molecule has 0 atom stereocenters. The van der Waals surface area contributed by atoms with Crippen molar-refractivity contribution in [3.63, 3.8) is 0 Å². The van der Waals surface area contributed by atoms with Crippen molar-refractivity contribution in [3.8, 4) is 0 Å². The number of benzene rings is 3. The van der Waals surface area contributed by atoms with Crippen molar-refractivity contribution in [2.24, 2.45) is 0 Å². The van der Waals surface area contributed by atoms with Crippen LogP contribution >= 0.6 is 0 Å². The van der Waals surface area contributed by atoms with Crippen LogP contribution in [-0.4, -0.2) is 9.91 Å². The number of fused-ring (bicyclic) bond motifs is 2. The van der Waals surface area contributed by atoms with Crippen molar-refractivity contribution < 1.29 is 9.34 Å². The summed E-state index contributed by atoms with van der Waals surface area (Å²) < 4.78 is 5.70. The van der Waals surface area contributed by atoms with Gasteiger partial charge in [-0.05, 0) is 35.0 Å². The summed E-state index contributed by atoms with van der Waals surface area (Å²) in [4.78, 5) is 14.6. The Morgan fingerprint density at radius 1 is 1.00 bits per heavy atom. The third kappa shape index (κ3) is 2.46. The lowest BCUT2D eigenvalue weighted by molar-refractivity contribution is -0.384. The average Bonchev–Trinajstić information content (AvgIpc) is 2.94. The number of oxazole rings is 1. The first kappa shape index (κ1) is 13.3. The van der Waals surface area contributed by atoms with E-state index in [1.807, 2.05) is 36.4 Å². The highest BCUT2D eigenvalue weighted by molar-refractivity contribution is 5.94. The van der Waals surface area contributed by atoms with E-state index in [0.29, 0.717) is 17.3 Å². The van der Waals surface area contributed by atoms with E-state index in [2.05, 4.69) is 10.3 Å². The summed E-state index contributed by atoms with van der Waals surface area (Å²) in [6.45, 7) is 0. The van der Waals surface area contributed by atoms with E-state index in [0.717, 1.165) is 16.3 Å². The first-order valence-corrected chi connectivity index (χ1v) is 7.00. The van der Waals surface area contributed by atoms with E-state index in [9.17, 15) is 10.1 Å². The van der Waals surface area contributed by atoms with Crippen LogP contribution in [0.5, 0.6) is 0 Å². The Kier molecular flexibility index (Phi) is 2.94. The van der Waals surface area contributed by atoms with Crippen LogP contribution in [0.2, 0.25) is 0 Å². The number of aromatic nitrogens is 1. The monoisotopic (exact) mass is 305 g/mol. The number of non-ortho nitro benzene ring substituents is 1. The summed E-state index contributed by atoms with van der Waals surface area (Å²) in [6, 6.07) is 18.3. The molecule has 1 heterocycles. The fraction of sp³-hybridized carbons (Fsp3) is 0. The maximum atomic E-state index is 10.7. The molecule has 23 heavy (non-hydrogen) atoms. The molecule has 0 aliphatic rings. The Balaban J connectivity index is 1.68. The minimum atomic E-state index is -0.436. The van der Waals surface area contributed by atoms with Crippen molar-refractivity contribution >= 4 is 39.3 Å². The summed E-state index contributed by atoms with van der Waals surface area (Å²) in [7, 11) is 0. The molecule has 112 valence electrons. The van der Waals surface area contributed by atoms with Crippen molar-refractivity contribution in [2.75, 3.05) is 5.32 Å². The Labute approximate surface area is 130 Å². The third-order valence-corrected chi connectivity index (χ3v) is 3.59. The van der Waals surface area contributed by atoms with E-state index < -0.39 is 4.92 Å². The highest BCUT2D eigenvalue weighted by Gasteiger charge is 2.09. The van der Waals surface area contributed by atoms with Crippen molar-refractivity contribution in [1.82, 2.24) is 4.98 Å². The summed E-state index contributed by atoms with van der Waals surface area (Å²) in [5.41, 5.74) is 2.16. The van der Waals surface area contributed by atoms with Crippen molar-refractivity contribution in [1.29, 1.82) is 0 Å². The zero-order valence-corrected chi connectivity index (χ0v) is 11.9. The topological polar surface area (TPSA) is 81.2 Å². The highest BCUT2D eigenvalue weighted by atomic mass is 16.6. The van der Waals surface area contributed by atoms with Gasteiger partial charge in [-0.25, -0.2) is 0 Å². The number of rotatable bonds is 3. The van der Waals surface area contributed by atoms with E-state index >= 15 is 0 Å². The smallest absolute Gasteiger partial charge is 0.300 e. The first-order valence-electron chi connectivity index (χ1n) is 7.00. The molecule has 0 spiro atoms. The van der Waals surface area contributed by atoms with Crippen LogP contribution in [0, 0.1) is 10.1 Å². The Morgan fingerprint density at radius 3 is 2.39 bits per heavy atom. The van der Waals surface area contributed by atoms with Crippen LogP contribution in [0.25, 0.3) is 21.9 Å². The molecule has 0 saturated heterocycles. The predicted molar refractivity (Wildman–Crippen MR) is 87.9 cm³/mol. The van der Waals surface area contributed by atoms with Gasteiger partial charge in [-0.15, -0.1) is 0 Å². The third-order valence-electron chi connectivity index (χ3n) is 3.59. The second kappa shape index (κ2) is 5.10. The Hall–Kier alpha value is -3.41. The lowest BCUT2D eigenvalue weighted by Crippen LogP contribution is -1.91. The van der Waals surface area contributed by atoms with Gasteiger partial charge >= 0.3 is 0 Å². The van der Waals surface area contributed by atoms with E-state index in [1.165, 1.54) is 12.1 Å². The van der Waals surface area contributed by atoms with E-state index in [4.69, 9.17) is 4.42 Å². The quantitative estimate of drug-likeness (QED) is 0.440. The molecule has 6 nitrogen and oxygen atoms in total. The molecule has 1 aromatic heterocycles. The van der Waals surface area contributed by atoms with Gasteiger partial charge in [0, 0.05) is 17.8 Å². The lowest BCUT2D eigenvalue weighted by atomic mass is 10.1. The summed E-state index contributed by atoms with van der Waals surface area (Å²) in [5.74, 6) is 0. The van der Waals surface area contributed by atoms with Gasteiger partial charge in [-0.1, -0.05) is 24.3 Å². The molecular weight excluding hydrogens is 294 g/mol. The molecule has 0 amide bonds. The Bertz CT molecular complexity index is 970. The van der Waals surface area contributed by atoms with Gasteiger partial charge in [0.25, 0.3) is 11.7 Å². The molecule has 4 rings (SSSR count). The van der Waals surface area contributed by atoms with Crippen molar-refractivity contribution in [3.05, 3.63) is 70.8 Å². The van der Waals surface area contributed by atoms with Crippen LogP contribution < -0.4 is 5.32 Å². The Morgan fingerprint density at radius 2 is 1.70 bits per heavy atom. The summed E-state index contributed by atoms with van der Waals surface area (Å²) in [5, 5.41) is 15.8. The standard InChI is InChI=1S/C17H11N3O3/c21-20(22)14-7-5-13(6-8-14)18-17-19-15-9-11-3-1-2-4-12(11)10-16(15)23-17/h1-10H,(H,18,19). The van der Waals surface area contributed by atoms with Crippen LogP contribution in [0.1, 0.15) is 0 Å². The number of nitro groups is 1. The molecule has 0 radical (unpaired) electrons. The molecule has 0 aliphatic heterocycles. The van der Waals surface area contributed by atoms with Crippen LogP contribution in [-0.2, 0) is 0 Å². The number of hydrogen-bond donors (Lipinski definition) is 1. The maximum absolute atomic E-state index is 10.7. The number of anilines is 2. The minimum absolute atomic E-state index is 0.0411. The molecule has 0 saturated carbocycles. The molecule has 0 unspecified atom stereocenters. The van der Waals surface area contributed by atoms with Gasteiger partial charge < -0.3 is 9.73 Å². The fourth-order valence-electron chi connectivity index (χ4n) is 2.46. The molecule has 0 bridgehead atoms. The fourth-order valence-corrected chi connectivity index (χ4v) is 2.46. The molecule has 0 aliphatic carbocycles. The number of nitro benzene ring substituents is 1. The highest BCUT2D eigenvalue weighted by Crippen LogP contribution is 2.27. The molecule has 4 aromatic rings. The van der Waals surface area contributed by atoms with Gasteiger partial charge in [0.1, 0.15) is 5.52 Å². The maximum Gasteiger partial charge on any atom is 0.300 e. The zero-order valence-electron chi connectivity index (χ0n) is 11.9. The molecule has 3 aromatic carbocycles. The van der Waals surface area contributed by atoms with Gasteiger partial charge in [-0.3, -0.25) is 10.1 Å². The van der Waals surface area contributed by atoms with Gasteiger partial charge in [0.05, 0.1) is 4.92 Å². The molecule has 6 heteroatoms. The average molecular weight is 305 g/mol.